The zero-order valence-electron chi connectivity index (χ0n) is 14.5. The van der Waals surface area contributed by atoms with Crippen LogP contribution in [0.1, 0.15) is 40.3 Å². The largest absolute Gasteiger partial charge is 0.382 e. The third kappa shape index (κ3) is 2.55. The quantitative estimate of drug-likeness (QED) is 0.650. The van der Waals surface area contributed by atoms with Crippen molar-refractivity contribution in [3.05, 3.63) is 52.8 Å². The van der Waals surface area contributed by atoms with Gasteiger partial charge in [0.05, 0.1) is 24.0 Å². The number of rotatable bonds is 2. The number of amides is 1. The van der Waals surface area contributed by atoms with Gasteiger partial charge in [-0.1, -0.05) is 23.8 Å². The van der Waals surface area contributed by atoms with Gasteiger partial charge >= 0.3 is 0 Å². The summed E-state index contributed by atoms with van der Waals surface area (Å²) in [7, 11) is 0. The second-order valence-electron chi connectivity index (χ2n) is 6.48. The second-order valence-corrected chi connectivity index (χ2v) is 6.48. The Labute approximate surface area is 150 Å². The van der Waals surface area contributed by atoms with Crippen molar-refractivity contribution < 1.29 is 4.79 Å². The fraction of sp³-hybridized carbons (Fsp3) is 0.222. The smallest absolute Gasteiger partial charge is 0.272 e. The first-order valence-corrected chi connectivity index (χ1v) is 8.29. The number of benzene rings is 1. The predicted molar refractivity (Wildman–Crippen MR) is 97.9 cm³/mol. The molecule has 0 saturated carbocycles. The van der Waals surface area contributed by atoms with E-state index in [1.165, 1.54) is 6.07 Å². The lowest BCUT2D eigenvalue weighted by molar-refractivity contribution is 0.0697. The Morgan fingerprint density at radius 3 is 2.77 bits per heavy atom. The van der Waals surface area contributed by atoms with Gasteiger partial charge in [0.1, 0.15) is 11.5 Å². The van der Waals surface area contributed by atoms with Gasteiger partial charge in [-0.3, -0.25) is 9.89 Å². The second kappa shape index (κ2) is 5.83. The maximum absolute atomic E-state index is 12.8. The Balaban J connectivity index is 1.77. The number of nitrogens with one attached hydrogen (secondary N) is 1. The van der Waals surface area contributed by atoms with Gasteiger partial charge < -0.3 is 16.4 Å². The van der Waals surface area contributed by atoms with E-state index in [-0.39, 0.29) is 23.7 Å². The van der Waals surface area contributed by atoms with E-state index in [9.17, 15) is 4.79 Å². The van der Waals surface area contributed by atoms with E-state index >= 15 is 0 Å². The summed E-state index contributed by atoms with van der Waals surface area (Å²) in [5, 5.41) is 6.50. The van der Waals surface area contributed by atoms with Crippen molar-refractivity contribution in [2.24, 2.45) is 0 Å². The first-order chi connectivity index (χ1) is 12.4. The fourth-order valence-electron chi connectivity index (χ4n) is 3.36. The molecule has 3 heterocycles. The Morgan fingerprint density at radius 1 is 1.27 bits per heavy atom. The highest BCUT2D eigenvalue weighted by Gasteiger charge is 2.35. The van der Waals surface area contributed by atoms with Crippen molar-refractivity contribution >= 4 is 17.7 Å². The molecule has 1 aliphatic heterocycles. The number of aryl methyl sites for hydroxylation is 1. The molecule has 4 rings (SSSR count). The zero-order valence-corrected chi connectivity index (χ0v) is 14.5. The van der Waals surface area contributed by atoms with Crippen molar-refractivity contribution in [3.8, 4) is 11.3 Å². The van der Waals surface area contributed by atoms with E-state index in [1.54, 1.807) is 4.90 Å². The Bertz CT molecular complexity index is 1010. The van der Waals surface area contributed by atoms with Crippen LogP contribution in [0.5, 0.6) is 0 Å². The molecule has 3 aromatic rings. The molecule has 1 unspecified atom stereocenters. The van der Waals surface area contributed by atoms with Gasteiger partial charge in [-0.15, -0.1) is 0 Å². The van der Waals surface area contributed by atoms with Crippen molar-refractivity contribution in [2.45, 2.75) is 26.4 Å². The summed E-state index contributed by atoms with van der Waals surface area (Å²) in [5.74, 6) is 0.294. The predicted octanol–water partition coefficient (Wildman–Crippen LogP) is 2.06. The summed E-state index contributed by atoms with van der Waals surface area (Å²) in [4.78, 5) is 23.4. The number of nitrogen functional groups attached to an aromatic ring is 2. The lowest BCUT2D eigenvalue weighted by Crippen LogP contribution is -2.28. The molecule has 0 saturated heterocycles. The number of aromatic nitrogens is 4. The molecule has 0 radical (unpaired) electrons. The minimum absolute atomic E-state index is 0.187. The highest BCUT2D eigenvalue weighted by molar-refractivity contribution is 5.94. The van der Waals surface area contributed by atoms with E-state index < -0.39 is 0 Å². The molecular weight excluding hydrogens is 330 g/mol. The maximum Gasteiger partial charge on any atom is 0.272 e. The van der Waals surface area contributed by atoms with Gasteiger partial charge in [0.25, 0.3) is 5.91 Å². The molecule has 26 heavy (non-hydrogen) atoms. The zero-order chi connectivity index (χ0) is 18.4. The molecule has 1 atom stereocenters. The van der Waals surface area contributed by atoms with E-state index in [2.05, 4.69) is 20.2 Å². The molecule has 2 aromatic heterocycles. The van der Waals surface area contributed by atoms with Crippen LogP contribution in [-0.4, -0.2) is 31.0 Å². The first kappa shape index (κ1) is 16.1. The summed E-state index contributed by atoms with van der Waals surface area (Å²) in [5.41, 5.74) is 16.5. The van der Waals surface area contributed by atoms with Crippen LogP contribution in [0.4, 0.5) is 11.8 Å². The van der Waals surface area contributed by atoms with Crippen molar-refractivity contribution in [2.75, 3.05) is 11.5 Å². The summed E-state index contributed by atoms with van der Waals surface area (Å²) in [6.07, 6.45) is 0. The van der Waals surface area contributed by atoms with Crippen molar-refractivity contribution in [3.63, 3.8) is 0 Å². The average Bonchev–Trinajstić information content (AvgIpc) is 3.18. The third-order valence-corrected chi connectivity index (χ3v) is 4.63. The summed E-state index contributed by atoms with van der Waals surface area (Å²) < 4.78 is 0. The highest BCUT2D eigenvalue weighted by atomic mass is 16.2. The van der Waals surface area contributed by atoms with Crippen LogP contribution in [0.2, 0.25) is 0 Å². The number of hydrogen-bond acceptors (Lipinski definition) is 6. The standard InChI is InChI=1S/C18H19N7O/c1-9-4-3-5-11(6-9)16-12-8-25(10(2)15(12)21-18(20)22-16)17(26)13-7-14(19)24-23-13/h3-7,10H,8H2,1-2H3,(H3,19,23,24)(H2,20,21,22). The van der Waals surface area contributed by atoms with Gasteiger partial charge in [-0.05, 0) is 19.9 Å². The Hall–Kier alpha value is -3.42. The van der Waals surface area contributed by atoms with Crippen LogP contribution < -0.4 is 11.5 Å². The third-order valence-electron chi connectivity index (χ3n) is 4.63. The van der Waals surface area contributed by atoms with Gasteiger partial charge in [0.15, 0.2) is 0 Å². The molecule has 1 amide bonds. The fourth-order valence-corrected chi connectivity index (χ4v) is 3.36. The number of nitrogens with two attached hydrogens (primary N) is 2. The topological polar surface area (TPSA) is 127 Å². The number of anilines is 2. The minimum Gasteiger partial charge on any atom is -0.382 e. The van der Waals surface area contributed by atoms with Gasteiger partial charge in [-0.25, -0.2) is 9.97 Å². The summed E-state index contributed by atoms with van der Waals surface area (Å²) in [6, 6.07) is 9.34. The SMILES string of the molecule is Cc1cccc(-c2nc(N)nc3c2CN(C(=O)c2cc(N)n[nH]2)C3C)c1. The lowest BCUT2D eigenvalue weighted by Gasteiger charge is -2.20. The average molecular weight is 349 g/mol. The molecule has 0 bridgehead atoms. The molecule has 8 heteroatoms. The molecule has 0 aliphatic carbocycles. The van der Waals surface area contributed by atoms with Crippen LogP contribution >= 0.6 is 0 Å². The first-order valence-electron chi connectivity index (χ1n) is 8.29. The molecular formula is C18H19N7O. The van der Waals surface area contributed by atoms with Crippen LogP contribution in [-0.2, 0) is 6.54 Å². The highest BCUT2D eigenvalue weighted by Crippen LogP contribution is 2.38. The molecule has 1 aliphatic rings. The number of H-pyrrole nitrogens is 1. The molecule has 132 valence electrons. The van der Waals surface area contributed by atoms with Crippen LogP contribution in [0, 0.1) is 6.92 Å². The Kier molecular flexibility index (Phi) is 3.61. The number of fused-ring (bicyclic) bond motifs is 1. The minimum atomic E-state index is -0.226. The van der Waals surface area contributed by atoms with E-state index in [1.807, 2.05) is 38.1 Å². The molecule has 0 spiro atoms. The summed E-state index contributed by atoms with van der Waals surface area (Å²) >= 11 is 0. The number of hydrogen-bond donors (Lipinski definition) is 3. The maximum atomic E-state index is 12.8. The van der Waals surface area contributed by atoms with Crippen LogP contribution in [0.3, 0.4) is 0 Å². The number of aromatic amines is 1. The van der Waals surface area contributed by atoms with Crippen LogP contribution in [0.15, 0.2) is 30.3 Å². The normalized spacial score (nSPS) is 15.9. The molecule has 5 N–H and O–H groups in total. The molecule has 8 nitrogen and oxygen atoms in total. The lowest BCUT2D eigenvalue weighted by atomic mass is 10.0. The molecule has 1 aromatic carbocycles. The molecule has 0 fully saturated rings. The van der Waals surface area contributed by atoms with Crippen LogP contribution in [0.25, 0.3) is 11.3 Å². The monoisotopic (exact) mass is 349 g/mol. The van der Waals surface area contributed by atoms with Gasteiger partial charge in [0, 0.05) is 17.2 Å². The van der Waals surface area contributed by atoms with Gasteiger partial charge in [-0.2, -0.15) is 5.10 Å². The van der Waals surface area contributed by atoms with Gasteiger partial charge in [0.2, 0.25) is 5.95 Å². The van der Waals surface area contributed by atoms with E-state index in [0.29, 0.717) is 12.2 Å². The summed E-state index contributed by atoms with van der Waals surface area (Å²) in [6.45, 7) is 4.35. The van der Waals surface area contributed by atoms with E-state index in [0.717, 1.165) is 28.1 Å². The number of carbonyl (C=O) groups excluding carboxylic acids is 1. The van der Waals surface area contributed by atoms with Crippen molar-refractivity contribution in [1.29, 1.82) is 0 Å². The van der Waals surface area contributed by atoms with E-state index in [4.69, 9.17) is 11.5 Å². The Morgan fingerprint density at radius 2 is 2.08 bits per heavy atom. The van der Waals surface area contributed by atoms with Crippen molar-refractivity contribution in [1.82, 2.24) is 25.1 Å². The number of carbonyl (C=O) groups is 1. The number of nitrogens with zero attached hydrogens (tertiary/aromatic N) is 4.